The molecule has 48 heavy (non-hydrogen) atoms. The number of fused-ring (bicyclic) bond motifs is 2. The van der Waals surface area contributed by atoms with Crippen LogP contribution in [0, 0.1) is 5.92 Å². The minimum Gasteiger partial charge on any atom is -0.506 e. The topological polar surface area (TPSA) is 190 Å². The van der Waals surface area contributed by atoms with Crippen molar-refractivity contribution in [1.29, 1.82) is 0 Å². The summed E-state index contributed by atoms with van der Waals surface area (Å²) in [6, 6.07) is 0.636. The van der Waals surface area contributed by atoms with E-state index in [0.29, 0.717) is 11.6 Å². The molecule has 3 amide bonds. The van der Waals surface area contributed by atoms with Gasteiger partial charge >= 0.3 is 24.1 Å². The van der Waals surface area contributed by atoms with Crippen molar-refractivity contribution in [2.24, 2.45) is 11.7 Å². The summed E-state index contributed by atoms with van der Waals surface area (Å²) in [6.07, 6.45) is -5.05. The molecule has 0 unspecified atom stereocenters. The van der Waals surface area contributed by atoms with Crippen LogP contribution in [0.3, 0.4) is 0 Å². The molecule has 5 atom stereocenters. The Morgan fingerprint density at radius 3 is 2.25 bits per heavy atom. The van der Waals surface area contributed by atoms with Gasteiger partial charge in [-0.15, -0.1) is 0 Å². The van der Waals surface area contributed by atoms with Crippen LogP contribution in [0.1, 0.15) is 39.7 Å². The molecule has 1 aliphatic rings. The summed E-state index contributed by atoms with van der Waals surface area (Å²) in [7, 11) is 2.60. The van der Waals surface area contributed by atoms with Gasteiger partial charge in [0.05, 0.1) is 23.6 Å². The summed E-state index contributed by atoms with van der Waals surface area (Å²) in [5.41, 5.74) is 3.74. The van der Waals surface area contributed by atoms with E-state index in [2.05, 4.69) is 5.32 Å². The molecule has 0 spiro atoms. The number of aromatic hydroxyl groups is 2. The Morgan fingerprint density at radius 2 is 1.71 bits per heavy atom. The van der Waals surface area contributed by atoms with Crippen LogP contribution in [0.4, 0.5) is 38.1 Å². The molecule has 1 heterocycles. The number of nitrogens with two attached hydrogens (primary N) is 1. The highest BCUT2D eigenvalue weighted by atomic mass is 19.4. The van der Waals surface area contributed by atoms with Crippen molar-refractivity contribution in [1.82, 2.24) is 0 Å². The largest absolute Gasteiger partial charge is 0.506 e. The lowest BCUT2D eigenvalue weighted by Crippen LogP contribution is -2.47. The predicted molar refractivity (Wildman–Crippen MR) is 164 cm³/mol. The Bertz CT molecular complexity index is 1500. The van der Waals surface area contributed by atoms with E-state index in [9.17, 15) is 51.7 Å². The molecule has 17 heteroatoms. The smallest absolute Gasteiger partial charge is 0.463 e. The Kier molecular flexibility index (Phi) is 13.3. The number of hydrogen-bond acceptors (Lipinski definition) is 9. The van der Waals surface area contributed by atoms with Gasteiger partial charge in [0.25, 0.3) is 5.91 Å². The van der Waals surface area contributed by atoms with Crippen LogP contribution in [-0.4, -0.2) is 84.0 Å². The number of nitrogens with one attached hydrogen (secondary N) is 2. The lowest BCUT2D eigenvalue weighted by molar-refractivity contribution is -0.267. The second kappa shape index (κ2) is 16.1. The number of carbonyl (C=O) groups is 3. The zero-order valence-corrected chi connectivity index (χ0v) is 26.8. The van der Waals surface area contributed by atoms with Crippen molar-refractivity contribution in [2.45, 2.75) is 70.6 Å². The molecule has 266 valence electrons. The Balaban J connectivity index is 2.81. The van der Waals surface area contributed by atoms with Crippen molar-refractivity contribution in [3.8, 4) is 11.5 Å². The summed E-state index contributed by atoms with van der Waals surface area (Å²) in [4.78, 5) is 36.8. The molecule has 0 saturated carbocycles. The van der Waals surface area contributed by atoms with Gasteiger partial charge in [0.15, 0.2) is 6.10 Å². The lowest BCUT2D eigenvalue weighted by Gasteiger charge is -2.28. The zero-order chi connectivity index (χ0) is 36.7. The molecule has 2 bridgehead atoms. The van der Waals surface area contributed by atoms with Gasteiger partial charge in [0.2, 0.25) is 0 Å². The number of aliphatic hydroxyl groups is 1. The molecule has 0 saturated heterocycles. The number of alkyl halides is 5. The quantitative estimate of drug-likeness (QED) is 0.108. The highest BCUT2D eigenvalue weighted by Crippen LogP contribution is 2.44. The summed E-state index contributed by atoms with van der Waals surface area (Å²) in [5.74, 6) is -12.3. The average molecular weight is 692 g/mol. The first kappa shape index (κ1) is 39.7. The van der Waals surface area contributed by atoms with E-state index in [1.165, 1.54) is 51.6 Å². The normalized spacial score (nSPS) is 23.4. The summed E-state index contributed by atoms with van der Waals surface area (Å²) in [6.45, 7) is 5.99. The maximum absolute atomic E-state index is 13.8. The second-order valence-electron chi connectivity index (χ2n) is 11.1. The number of phenols is 2. The number of rotatable bonds is 5. The molecule has 2 rings (SSSR count). The molecule has 0 radical (unpaired) electrons. The van der Waals surface area contributed by atoms with Gasteiger partial charge in [0.1, 0.15) is 17.6 Å². The molecule has 1 aliphatic heterocycles. The Morgan fingerprint density at radius 1 is 1.08 bits per heavy atom. The number of carbonyl (C=O) groups excluding carboxylic acids is 3. The van der Waals surface area contributed by atoms with Crippen molar-refractivity contribution in [2.75, 3.05) is 24.9 Å². The summed E-state index contributed by atoms with van der Waals surface area (Å²) >= 11 is 0. The van der Waals surface area contributed by atoms with Crippen LogP contribution in [0.5, 0.6) is 11.5 Å². The third-order valence-electron chi connectivity index (χ3n) is 7.37. The van der Waals surface area contributed by atoms with Crippen molar-refractivity contribution in [3.05, 3.63) is 52.7 Å². The number of hydrogen-bond donors (Lipinski definition) is 6. The minimum atomic E-state index is -6.28. The average Bonchev–Trinajstić information content (AvgIpc) is 2.99. The Labute approximate surface area is 272 Å². The molecule has 1 aromatic carbocycles. The summed E-state index contributed by atoms with van der Waals surface area (Å²) < 4.78 is 82.6. The minimum absolute atomic E-state index is 0.00713. The number of halogens is 5. The lowest BCUT2D eigenvalue weighted by atomic mass is 9.91. The SMILES string of the molecule is CO[C@H]1C=CC=C(C)C(=O)Nc2cc(O)c(NC(=O)C(F)(F)C(F)(F)F)c(c2O)C=C(C)C[C@H](OC)[C@H](O)[C@@H](C)C=C(C)[C@@H]1OC(N)=O. The van der Waals surface area contributed by atoms with Gasteiger partial charge in [-0.2, -0.15) is 22.0 Å². The van der Waals surface area contributed by atoms with Crippen molar-refractivity contribution in [3.63, 3.8) is 0 Å². The molecule has 0 aliphatic carbocycles. The zero-order valence-electron chi connectivity index (χ0n) is 26.8. The molecular weight excluding hydrogens is 653 g/mol. The van der Waals surface area contributed by atoms with E-state index in [-0.39, 0.29) is 17.6 Å². The first-order valence-corrected chi connectivity index (χ1v) is 14.2. The van der Waals surface area contributed by atoms with Gasteiger partial charge < -0.3 is 45.9 Å². The van der Waals surface area contributed by atoms with Crippen LogP contribution in [-0.2, 0) is 23.8 Å². The number of methoxy groups -OCH3 is 2. The van der Waals surface area contributed by atoms with Gasteiger partial charge in [0, 0.05) is 37.3 Å². The van der Waals surface area contributed by atoms with E-state index in [4.69, 9.17) is 19.9 Å². The fourth-order valence-electron chi connectivity index (χ4n) is 4.73. The highest BCUT2D eigenvalue weighted by molar-refractivity contribution is 6.06. The fraction of sp³-hybridized carbons (Fsp3) is 0.452. The number of benzene rings is 1. The third-order valence-corrected chi connectivity index (χ3v) is 7.37. The first-order valence-electron chi connectivity index (χ1n) is 14.2. The van der Waals surface area contributed by atoms with Crippen LogP contribution >= 0.6 is 0 Å². The van der Waals surface area contributed by atoms with E-state index in [0.717, 1.165) is 6.08 Å². The van der Waals surface area contributed by atoms with Gasteiger partial charge in [-0.05, 0) is 38.8 Å². The van der Waals surface area contributed by atoms with Crippen LogP contribution in [0.2, 0.25) is 0 Å². The molecule has 0 aromatic heterocycles. The maximum atomic E-state index is 13.8. The second-order valence-corrected chi connectivity index (χ2v) is 11.1. The molecular formula is C31H38F5N3O9. The Hall–Kier alpha value is -4.48. The monoisotopic (exact) mass is 691 g/mol. The van der Waals surface area contributed by atoms with E-state index in [1.54, 1.807) is 19.9 Å². The van der Waals surface area contributed by atoms with Crippen molar-refractivity contribution < 1.29 is 65.9 Å². The van der Waals surface area contributed by atoms with Crippen molar-refractivity contribution >= 4 is 35.4 Å². The van der Waals surface area contributed by atoms with E-state index in [1.807, 2.05) is 0 Å². The maximum Gasteiger partial charge on any atom is 0.463 e. The highest BCUT2D eigenvalue weighted by Gasteiger charge is 2.63. The van der Waals surface area contributed by atoms with E-state index < -0.39 is 88.8 Å². The number of aliphatic hydroxyl groups excluding tert-OH is 1. The number of allylic oxidation sites excluding steroid dienone is 2. The fourth-order valence-corrected chi connectivity index (χ4v) is 4.73. The van der Waals surface area contributed by atoms with Crippen LogP contribution < -0.4 is 16.4 Å². The number of phenolic OH excluding ortho intramolecular Hbond substituents is 2. The first-order chi connectivity index (χ1) is 22.2. The standard InChI is InChI=1S/C31H38F5N3O9/c1-14-10-18-23(39-28(44)30(32,33)31(34,35)36)20(40)13-19(25(18)42)38-27(43)15(2)8-7-9-21(46-5)26(48-29(37)45)17(4)12-16(3)24(41)22(11-14)47-6/h7-10,12-13,16,21-22,24,26,40-42H,11H2,1-6H3,(H2,37,45)(H,38,43)(H,39,44)/t16-,21-,22-,24+,26-/m0/s1. The van der Waals surface area contributed by atoms with Gasteiger partial charge in [-0.25, -0.2) is 4.79 Å². The van der Waals surface area contributed by atoms with Crippen LogP contribution in [0.15, 0.2) is 47.1 Å². The number of amides is 3. The third kappa shape index (κ3) is 9.54. The number of primary amides is 1. The van der Waals surface area contributed by atoms with Gasteiger partial charge in [-0.1, -0.05) is 36.8 Å². The molecule has 1 aromatic rings. The molecule has 12 nitrogen and oxygen atoms in total. The van der Waals surface area contributed by atoms with Gasteiger partial charge in [-0.3, -0.25) is 9.59 Å². The number of anilines is 2. The molecule has 7 N–H and O–H groups in total. The van der Waals surface area contributed by atoms with E-state index >= 15 is 0 Å². The predicted octanol–water partition coefficient (Wildman–Crippen LogP) is 4.92. The van der Waals surface area contributed by atoms with Crippen LogP contribution in [0.25, 0.3) is 6.08 Å². The molecule has 0 fully saturated rings. The number of ether oxygens (including phenoxy) is 3. The summed E-state index contributed by atoms with van der Waals surface area (Å²) in [5, 5.41) is 36.5.